The minimum atomic E-state index is -2.67. The lowest BCUT2D eigenvalue weighted by Crippen LogP contribution is -2.21. The summed E-state index contributed by atoms with van der Waals surface area (Å²) in [5.41, 5.74) is 2.28. The van der Waals surface area contributed by atoms with E-state index < -0.39 is 18.3 Å². The molecule has 4 rings (SSSR count). The molecule has 1 aliphatic rings. The average Bonchev–Trinajstić information content (AvgIpc) is 3.24. The van der Waals surface area contributed by atoms with Crippen LogP contribution in [0.2, 0.25) is 0 Å². The second kappa shape index (κ2) is 8.93. The van der Waals surface area contributed by atoms with Crippen molar-refractivity contribution in [3.8, 4) is 0 Å². The number of alkyl halides is 2. The number of ether oxygens (including phenoxy) is 1. The Morgan fingerprint density at radius 2 is 2.03 bits per heavy atom. The predicted octanol–water partition coefficient (Wildman–Crippen LogP) is 4.74. The lowest BCUT2D eigenvalue weighted by atomic mass is 9.95. The zero-order chi connectivity index (χ0) is 23.0. The SMILES string of the molecule is CCOC(=O)c1c(NC(=O)Cn2nc(C)c3c(C(F)F)cc(C)nc32)sc2c1CCCC2. The maximum atomic E-state index is 13.5. The predicted molar refractivity (Wildman–Crippen MR) is 118 cm³/mol. The van der Waals surface area contributed by atoms with Gasteiger partial charge in [0.25, 0.3) is 6.43 Å². The maximum absolute atomic E-state index is 13.5. The molecule has 0 unspecified atom stereocenters. The third kappa shape index (κ3) is 4.11. The number of nitrogens with one attached hydrogen (secondary N) is 1. The van der Waals surface area contributed by atoms with Crippen molar-refractivity contribution in [1.29, 1.82) is 0 Å². The van der Waals surface area contributed by atoms with Crippen LogP contribution < -0.4 is 5.32 Å². The molecule has 10 heteroatoms. The molecule has 0 aromatic carbocycles. The number of amides is 1. The van der Waals surface area contributed by atoms with Crippen molar-refractivity contribution >= 4 is 39.2 Å². The van der Waals surface area contributed by atoms with Gasteiger partial charge in [0, 0.05) is 16.1 Å². The lowest BCUT2D eigenvalue weighted by Gasteiger charge is -2.12. The van der Waals surface area contributed by atoms with Crippen molar-refractivity contribution in [2.75, 3.05) is 11.9 Å². The van der Waals surface area contributed by atoms with Crippen molar-refractivity contribution in [1.82, 2.24) is 14.8 Å². The Labute approximate surface area is 187 Å². The van der Waals surface area contributed by atoms with Crippen LogP contribution in [0.4, 0.5) is 13.8 Å². The number of thiophene rings is 1. The van der Waals surface area contributed by atoms with E-state index in [1.54, 1.807) is 20.8 Å². The molecule has 0 aliphatic heterocycles. The number of hydrogen-bond donors (Lipinski definition) is 1. The van der Waals surface area contributed by atoms with Crippen LogP contribution >= 0.6 is 11.3 Å². The minimum absolute atomic E-state index is 0.146. The molecule has 7 nitrogen and oxygen atoms in total. The highest BCUT2D eigenvalue weighted by atomic mass is 32.1. The van der Waals surface area contributed by atoms with Gasteiger partial charge in [0.1, 0.15) is 11.5 Å². The molecule has 3 heterocycles. The fourth-order valence-electron chi connectivity index (χ4n) is 4.18. The van der Waals surface area contributed by atoms with Crippen molar-refractivity contribution in [2.45, 2.75) is 59.4 Å². The molecule has 3 aromatic heterocycles. The van der Waals surface area contributed by atoms with Gasteiger partial charge in [-0.05, 0) is 58.1 Å². The molecule has 0 fully saturated rings. The number of carbonyl (C=O) groups is 2. The molecule has 3 aromatic rings. The first kappa shape index (κ1) is 22.3. The fraction of sp³-hybridized carbons (Fsp3) is 0.455. The molecule has 0 saturated heterocycles. The number of anilines is 1. The molecule has 0 radical (unpaired) electrons. The van der Waals surface area contributed by atoms with Gasteiger partial charge in [0.2, 0.25) is 5.91 Å². The highest BCUT2D eigenvalue weighted by molar-refractivity contribution is 7.17. The summed E-state index contributed by atoms with van der Waals surface area (Å²) in [5, 5.41) is 7.83. The summed E-state index contributed by atoms with van der Waals surface area (Å²) in [5.74, 6) is -0.859. The normalized spacial score (nSPS) is 13.4. The number of carbonyl (C=O) groups excluding carboxylic acids is 2. The van der Waals surface area contributed by atoms with Crippen molar-refractivity contribution in [3.63, 3.8) is 0 Å². The molecule has 170 valence electrons. The van der Waals surface area contributed by atoms with E-state index in [0.717, 1.165) is 36.1 Å². The molecule has 1 amide bonds. The monoisotopic (exact) mass is 462 g/mol. The van der Waals surface area contributed by atoms with Gasteiger partial charge in [-0.3, -0.25) is 4.79 Å². The van der Waals surface area contributed by atoms with E-state index in [9.17, 15) is 18.4 Å². The minimum Gasteiger partial charge on any atom is -0.462 e. The van der Waals surface area contributed by atoms with E-state index >= 15 is 0 Å². The first-order chi connectivity index (χ1) is 15.3. The van der Waals surface area contributed by atoms with Crippen molar-refractivity contribution in [3.05, 3.63) is 39.0 Å². The molecular formula is C22H24F2N4O3S. The Balaban J connectivity index is 1.65. The second-order valence-electron chi connectivity index (χ2n) is 7.78. The summed E-state index contributed by atoms with van der Waals surface area (Å²) >= 11 is 1.40. The number of pyridine rings is 1. The quantitative estimate of drug-likeness (QED) is 0.535. The highest BCUT2D eigenvalue weighted by Crippen LogP contribution is 2.38. The largest absolute Gasteiger partial charge is 0.462 e. The maximum Gasteiger partial charge on any atom is 0.341 e. The number of aryl methyl sites for hydroxylation is 3. The van der Waals surface area contributed by atoms with Gasteiger partial charge >= 0.3 is 5.97 Å². The van der Waals surface area contributed by atoms with Crippen molar-refractivity contribution < 1.29 is 23.1 Å². The summed E-state index contributed by atoms with van der Waals surface area (Å²) in [7, 11) is 0. The van der Waals surface area contributed by atoms with Crippen LogP contribution in [0.3, 0.4) is 0 Å². The first-order valence-corrected chi connectivity index (χ1v) is 11.4. The van der Waals surface area contributed by atoms with Crippen LogP contribution in [-0.4, -0.2) is 33.2 Å². The van der Waals surface area contributed by atoms with Crippen LogP contribution in [-0.2, 0) is 28.9 Å². The summed E-state index contributed by atoms with van der Waals surface area (Å²) < 4.78 is 33.6. The van der Waals surface area contributed by atoms with E-state index in [0.29, 0.717) is 22.0 Å². The molecule has 0 spiro atoms. The summed E-state index contributed by atoms with van der Waals surface area (Å²) in [4.78, 5) is 30.9. The number of rotatable bonds is 6. The van der Waals surface area contributed by atoms with Gasteiger partial charge in [-0.25, -0.2) is 23.2 Å². The number of esters is 1. The highest BCUT2D eigenvalue weighted by Gasteiger charge is 2.28. The lowest BCUT2D eigenvalue weighted by molar-refractivity contribution is -0.116. The third-order valence-electron chi connectivity index (χ3n) is 5.47. The summed E-state index contributed by atoms with van der Waals surface area (Å²) in [6.45, 7) is 5.01. The van der Waals surface area contributed by atoms with Crippen LogP contribution in [0.5, 0.6) is 0 Å². The third-order valence-corrected chi connectivity index (χ3v) is 6.68. The molecule has 0 atom stereocenters. The Morgan fingerprint density at radius 3 is 2.75 bits per heavy atom. The molecule has 1 N–H and O–H groups in total. The number of aromatic nitrogens is 3. The molecular weight excluding hydrogens is 438 g/mol. The molecule has 1 aliphatic carbocycles. The second-order valence-corrected chi connectivity index (χ2v) is 8.88. The standard InChI is InChI=1S/C22H24F2N4O3S/c1-4-31-22(30)18-13-7-5-6-8-15(13)32-21(18)26-16(29)10-28-20-17(12(3)27-28)14(19(23)24)9-11(2)25-20/h9,19H,4-8,10H2,1-3H3,(H,26,29). The van der Waals surface area contributed by atoms with Crippen LogP contribution in [0.25, 0.3) is 11.0 Å². The molecule has 32 heavy (non-hydrogen) atoms. The van der Waals surface area contributed by atoms with Gasteiger partial charge in [-0.1, -0.05) is 0 Å². The topological polar surface area (TPSA) is 86.1 Å². The van der Waals surface area contributed by atoms with Gasteiger partial charge in [-0.2, -0.15) is 5.10 Å². The van der Waals surface area contributed by atoms with Crippen LogP contribution in [0.1, 0.15) is 63.9 Å². The smallest absolute Gasteiger partial charge is 0.341 e. The average molecular weight is 463 g/mol. The Hall–Kier alpha value is -2.88. The van der Waals surface area contributed by atoms with Gasteiger partial charge in [-0.15, -0.1) is 11.3 Å². The zero-order valence-electron chi connectivity index (χ0n) is 18.1. The van der Waals surface area contributed by atoms with Gasteiger partial charge < -0.3 is 10.1 Å². The summed E-state index contributed by atoms with van der Waals surface area (Å²) in [6, 6.07) is 1.34. The van der Waals surface area contributed by atoms with Crippen molar-refractivity contribution in [2.24, 2.45) is 0 Å². The Kier molecular flexibility index (Phi) is 6.23. The van der Waals surface area contributed by atoms with E-state index in [4.69, 9.17) is 4.74 Å². The van der Waals surface area contributed by atoms with E-state index in [-0.39, 0.29) is 29.7 Å². The number of hydrogen-bond acceptors (Lipinski definition) is 6. The number of halogens is 2. The van der Waals surface area contributed by atoms with E-state index in [1.807, 2.05) is 0 Å². The van der Waals surface area contributed by atoms with Gasteiger partial charge in [0.15, 0.2) is 5.65 Å². The first-order valence-electron chi connectivity index (χ1n) is 10.5. The molecule has 0 saturated carbocycles. The van der Waals surface area contributed by atoms with E-state index in [2.05, 4.69) is 15.4 Å². The van der Waals surface area contributed by atoms with Crippen LogP contribution in [0, 0.1) is 13.8 Å². The zero-order valence-corrected chi connectivity index (χ0v) is 18.9. The van der Waals surface area contributed by atoms with Gasteiger partial charge in [0.05, 0.1) is 23.3 Å². The van der Waals surface area contributed by atoms with E-state index in [1.165, 1.54) is 22.1 Å². The number of fused-ring (bicyclic) bond motifs is 2. The Morgan fingerprint density at radius 1 is 1.28 bits per heavy atom. The summed E-state index contributed by atoms with van der Waals surface area (Å²) in [6.07, 6.45) is 0.996. The molecule has 0 bridgehead atoms. The fourth-order valence-corrected chi connectivity index (χ4v) is 5.47. The number of nitrogens with zero attached hydrogens (tertiary/aromatic N) is 3. The Bertz CT molecular complexity index is 1200. The van der Waals surface area contributed by atoms with Crippen LogP contribution in [0.15, 0.2) is 6.07 Å².